The highest BCUT2D eigenvalue weighted by molar-refractivity contribution is 6.06. The lowest BCUT2D eigenvalue weighted by Crippen LogP contribution is -2.38. The number of alkyl halides is 3. The smallest absolute Gasteiger partial charge is 0.378 e. The maximum atomic E-state index is 13.4. The number of nitrogens with zero attached hydrogens (tertiary/aromatic N) is 3. The number of benzene rings is 2. The van der Waals surface area contributed by atoms with Gasteiger partial charge in [0.15, 0.2) is 0 Å². The molecule has 8 nitrogen and oxygen atoms in total. The van der Waals surface area contributed by atoms with Crippen LogP contribution in [0.15, 0.2) is 36.4 Å². The molecule has 1 amide bonds. The zero-order chi connectivity index (χ0) is 25.2. The van der Waals surface area contributed by atoms with Crippen molar-refractivity contribution in [2.24, 2.45) is 0 Å². The average Bonchev–Trinajstić information content (AvgIpc) is 2.84. The highest BCUT2D eigenvalue weighted by atomic mass is 19.4. The van der Waals surface area contributed by atoms with Crippen LogP contribution < -0.4 is 15.1 Å². The molecule has 2 aliphatic heterocycles. The minimum Gasteiger partial charge on any atom is -0.378 e. The molecule has 2 aliphatic rings. The fourth-order valence-corrected chi connectivity index (χ4v) is 4.60. The lowest BCUT2D eigenvalue weighted by atomic mass is 10.0. The number of carbonyl (C=O) groups excluding carboxylic acids is 1. The quantitative estimate of drug-likeness (QED) is 0.463. The number of nitrogens with one attached hydrogen (secondary N) is 1. The zero-order valence-corrected chi connectivity index (χ0v) is 19.3. The monoisotopic (exact) mass is 492 g/mol. The Labute approximate surface area is 200 Å². The molecule has 0 unspecified atom stereocenters. The third-order valence-electron chi connectivity index (χ3n) is 6.47. The molecular weight excluding hydrogens is 465 g/mol. The number of halogens is 3. The van der Waals surface area contributed by atoms with E-state index in [1.807, 2.05) is 16.7 Å². The van der Waals surface area contributed by atoms with E-state index in [0.717, 1.165) is 37.5 Å². The van der Waals surface area contributed by atoms with Crippen molar-refractivity contribution < 1.29 is 27.6 Å². The van der Waals surface area contributed by atoms with Gasteiger partial charge < -0.3 is 19.9 Å². The summed E-state index contributed by atoms with van der Waals surface area (Å²) in [6, 6.07) is 7.52. The Morgan fingerprint density at radius 2 is 1.80 bits per heavy atom. The Morgan fingerprint density at radius 1 is 1.09 bits per heavy atom. The predicted molar refractivity (Wildman–Crippen MR) is 126 cm³/mol. The summed E-state index contributed by atoms with van der Waals surface area (Å²) < 4.78 is 45.6. The van der Waals surface area contributed by atoms with Gasteiger partial charge in [-0.15, -0.1) is 0 Å². The molecule has 11 heteroatoms. The highest BCUT2D eigenvalue weighted by Crippen LogP contribution is 2.38. The first kappa shape index (κ1) is 24.8. The van der Waals surface area contributed by atoms with Gasteiger partial charge in [0, 0.05) is 37.3 Å². The van der Waals surface area contributed by atoms with Gasteiger partial charge in [-0.05, 0) is 56.5 Å². The van der Waals surface area contributed by atoms with Crippen LogP contribution in [0, 0.1) is 10.1 Å². The molecule has 0 spiro atoms. The van der Waals surface area contributed by atoms with Crippen molar-refractivity contribution in [2.45, 2.75) is 38.4 Å². The van der Waals surface area contributed by atoms with Crippen LogP contribution in [0.5, 0.6) is 0 Å². The summed E-state index contributed by atoms with van der Waals surface area (Å²) in [4.78, 5) is 28.1. The van der Waals surface area contributed by atoms with Crippen LogP contribution in [-0.2, 0) is 10.9 Å². The molecule has 35 heavy (non-hydrogen) atoms. The van der Waals surface area contributed by atoms with Crippen molar-refractivity contribution in [3.63, 3.8) is 0 Å². The summed E-state index contributed by atoms with van der Waals surface area (Å²) >= 11 is 0. The molecule has 0 aliphatic carbocycles. The fourth-order valence-electron chi connectivity index (χ4n) is 4.60. The fraction of sp³-hybridized carbons (Fsp3) is 0.458. The van der Waals surface area contributed by atoms with E-state index in [0.29, 0.717) is 44.2 Å². The van der Waals surface area contributed by atoms with Gasteiger partial charge in [-0.1, -0.05) is 0 Å². The molecule has 2 aromatic carbocycles. The summed E-state index contributed by atoms with van der Waals surface area (Å²) in [6.45, 7) is 4.49. The molecule has 2 heterocycles. The minimum atomic E-state index is -4.58. The largest absolute Gasteiger partial charge is 0.416 e. The van der Waals surface area contributed by atoms with E-state index in [1.165, 1.54) is 18.2 Å². The zero-order valence-electron chi connectivity index (χ0n) is 19.3. The second kappa shape index (κ2) is 10.1. The Balaban J connectivity index is 1.66. The predicted octanol–water partition coefficient (Wildman–Crippen LogP) is 5.08. The SMILES string of the molecule is C[C@H]1CCCCN1c1ccc(C(F)(F)F)cc1NC(=O)c1ccc(N2CCOCC2)c([N+](=O)[O-])c1. The molecule has 2 fully saturated rings. The molecule has 0 bridgehead atoms. The summed E-state index contributed by atoms with van der Waals surface area (Å²) in [5.74, 6) is -0.716. The molecule has 1 N–H and O–H groups in total. The van der Waals surface area contributed by atoms with Crippen LogP contribution in [0.2, 0.25) is 0 Å². The molecule has 0 saturated carbocycles. The van der Waals surface area contributed by atoms with Gasteiger partial charge in [0.2, 0.25) is 0 Å². The van der Waals surface area contributed by atoms with Crippen LogP contribution in [0.4, 0.5) is 35.9 Å². The maximum absolute atomic E-state index is 13.4. The van der Waals surface area contributed by atoms with E-state index in [4.69, 9.17) is 4.74 Å². The van der Waals surface area contributed by atoms with E-state index < -0.39 is 22.6 Å². The van der Waals surface area contributed by atoms with Crippen molar-refractivity contribution >= 4 is 28.7 Å². The number of ether oxygens (including phenoxy) is 1. The second-order valence-corrected chi connectivity index (χ2v) is 8.78. The number of piperidine rings is 1. The minimum absolute atomic E-state index is 0.0104. The van der Waals surface area contributed by atoms with Gasteiger partial charge in [-0.25, -0.2) is 0 Å². The van der Waals surface area contributed by atoms with Gasteiger partial charge in [-0.2, -0.15) is 13.2 Å². The van der Waals surface area contributed by atoms with Crippen LogP contribution >= 0.6 is 0 Å². The Bertz CT molecular complexity index is 1100. The number of morpholine rings is 1. The van der Waals surface area contributed by atoms with Crippen LogP contribution in [0.3, 0.4) is 0 Å². The summed E-state index contributed by atoms with van der Waals surface area (Å²) in [5.41, 5.74) is -0.236. The number of carbonyl (C=O) groups is 1. The number of anilines is 3. The maximum Gasteiger partial charge on any atom is 0.416 e. The number of nitro groups is 1. The summed E-state index contributed by atoms with van der Waals surface area (Å²) in [6.07, 6.45) is -1.76. The Morgan fingerprint density at radius 3 is 2.46 bits per heavy atom. The van der Waals surface area contributed by atoms with Crippen molar-refractivity contribution in [3.05, 3.63) is 57.6 Å². The number of nitro benzene ring substituents is 1. The first-order chi connectivity index (χ1) is 16.6. The summed E-state index contributed by atoms with van der Waals surface area (Å²) in [5, 5.41) is 14.3. The van der Waals surface area contributed by atoms with Gasteiger partial charge in [-0.3, -0.25) is 14.9 Å². The van der Waals surface area contributed by atoms with Crippen molar-refractivity contribution in [1.29, 1.82) is 0 Å². The first-order valence-corrected chi connectivity index (χ1v) is 11.6. The number of hydrogen-bond donors (Lipinski definition) is 1. The van der Waals surface area contributed by atoms with Gasteiger partial charge in [0.25, 0.3) is 11.6 Å². The highest BCUT2D eigenvalue weighted by Gasteiger charge is 2.33. The molecule has 2 saturated heterocycles. The van der Waals surface area contributed by atoms with E-state index >= 15 is 0 Å². The lowest BCUT2D eigenvalue weighted by Gasteiger charge is -2.36. The average molecular weight is 492 g/mol. The Kier molecular flexibility index (Phi) is 7.15. The van der Waals surface area contributed by atoms with E-state index in [1.54, 1.807) is 0 Å². The third kappa shape index (κ3) is 5.50. The van der Waals surface area contributed by atoms with Crippen molar-refractivity contribution in [3.8, 4) is 0 Å². The molecule has 0 radical (unpaired) electrons. The summed E-state index contributed by atoms with van der Waals surface area (Å²) in [7, 11) is 0. The number of amides is 1. The molecule has 188 valence electrons. The molecular formula is C24H27F3N4O4. The van der Waals surface area contributed by atoms with Crippen molar-refractivity contribution in [1.82, 2.24) is 0 Å². The topological polar surface area (TPSA) is 88.0 Å². The number of hydrogen-bond acceptors (Lipinski definition) is 6. The van der Waals surface area contributed by atoms with Crippen LogP contribution in [0.25, 0.3) is 0 Å². The van der Waals surface area contributed by atoms with Gasteiger partial charge in [0.1, 0.15) is 5.69 Å². The normalized spacial score (nSPS) is 18.9. The first-order valence-electron chi connectivity index (χ1n) is 11.6. The Hall–Kier alpha value is -3.34. The van der Waals surface area contributed by atoms with E-state index in [9.17, 15) is 28.1 Å². The third-order valence-corrected chi connectivity index (χ3v) is 6.47. The standard InChI is InChI=1S/C24H27F3N4O4/c1-16-4-2-3-9-30(16)20-8-6-18(24(25,26)27)15-19(20)28-23(32)17-5-7-21(22(14-17)31(33)34)29-10-12-35-13-11-29/h5-8,14-16H,2-4,9-13H2,1H3,(H,28,32)/t16-/m0/s1. The molecule has 1 atom stereocenters. The van der Waals surface area contributed by atoms with E-state index in [-0.39, 0.29) is 23.0 Å². The van der Waals surface area contributed by atoms with Crippen LogP contribution in [0.1, 0.15) is 42.1 Å². The van der Waals surface area contributed by atoms with E-state index in [2.05, 4.69) is 5.32 Å². The molecule has 0 aromatic heterocycles. The van der Waals surface area contributed by atoms with Crippen LogP contribution in [-0.4, -0.2) is 49.7 Å². The number of rotatable bonds is 5. The van der Waals surface area contributed by atoms with Crippen molar-refractivity contribution in [2.75, 3.05) is 48.0 Å². The molecule has 2 aromatic rings. The molecule has 4 rings (SSSR count). The lowest BCUT2D eigenvalue weighted by molar-refractivity contribution is -0.384. The second-order valence-electron chi connectivity index (χ2n) is 8.78. The van der Waals surface area contributed by atoms with Gasteiger partial charge >= 0.3 is 6.18 Å². The van der Waals surface area contributed by atoms with Gasteiger partial charge in [0.05, 0.1) is 35.1 Å².